The van der Waals surface area contributed by atoms with Gasteiger partial charge in [0.25, 0.3) is 5.56 Å². The molecule has 1 aromatic heterocycles. The largest absolute Gasteiger partial charge is 0.324 e. The summed E-state index contributed by atoms with van der Waals surface area (Å²) in [7, 11) is 0. The summed E-state index contributed by atoms with van der Waals surface area (Å²) in [5, 5.41) is 11.4. The third-order valence-electron chi connectivity index (χ3n) is 3.45. The second-order valence-corrected chi connectivity index (χ2v) is 6.76. The Morgan fingerprint density at radius 2 is 1.81 bits per heavy atom. The first-order chi connectivity index (χ1) is 12.6. The van der Waals surface area contributed by atoms with Gasteiger partial charge in [-0.3, -0.25) is 14.6 Å². The molecule has 6 nitrogen and oxygen atoms in total. The molecule has 0 atom stereocenters. The Kier molecular flexibility index (Phi) is 6.04. The third kappa shape index (κ3) is 4.93. The lowest BCUT2D eigenvalue weighted by molar-refractivity contribution is -0.113. The fourth-order valence-corrected chi connectivity index (χ4v) is 2.98. The number of hydrogen-bond acceptors (Lipinski definition) is 5. The van der Waals surface area contributed by atoms with E-state index in [4.69, 9.17) is 11.6 Å². The molecule has 0 bridgehead atoms. The van der Waals surface area contributed by atoms with E-state index in [-0.39, 0.29) is 17.2 Å². The van der Waals surface area contributed by atoms with Crippen molar-refractivity contribution in [1.82, 2.24) is 15.2 Å². The third-order valence-corrected chi connectivity index (χ3v) is 4.64. The summed E-state index contributed by atoms with van der Waals surface area (Å²) in [5.74, 6) is -0.174. The predicted molar refractivity (Wildman–Crippen MR) is 103 cm³/mol. The number of benzene rings is 2. The molecular weight excluding hydrogens is 372 g/mol. The number of nitrogens with zero attached hydrogens (tertiary/aromatic N) is 2. The van der Waals surface area contributed by atoms with Crippen LogP contribution in [0.2, 0.25) is 5.02 Å². The zero-order valence-electron chi connectivity index (χ0n) is 13.6. The van der Waals surface area contributed by atoms with E-state index in [0.29, 0.717) is 28.0 Å². The number of H-pyrrole nitrogens is 1. The lowest BCUT2D eigenvalue weighted by Crippen LogP contribution is -2.19. The summed E-state index contributed by atoms with van der Waals surface area (Å²) < 4.78 is 0. The maximum Gasteiger partial charge on any atom is 0.273 e. The molecule has 2 aromatic carbocycles. The summed E-state index contributed by atoms with van der Waals surface area (Å²) in [4.78, 5) is 26.8. The highest BCUT2D eigenvalue weighted by Crippen LogP contribution is 2.21. The fourth-order valence-electron chi connectivity index (χ4n) is 2.20. The molecule has 0 aliphatic rings. The standard InChI is InChI=1S/C18H15ClN4O2S/c19-13-8-4-5-9-14(13)20-16(24)11-26-18-21-17(25)15(22-23-18)10-12-6-2-1-3-7-12/h1-9H,10-11H2,(H,20,24)(H,21,23,25). The van der Waals surface area contributed by atoms with Crippen LogP contribution in [0.15, 0.2) is 64.5 Å². The summed E-state index contributed by atoms with van der Waals surface area (Å²) in [6, 6.07) is 16.5. The van der Waals surface area contributed by atoms with Gasteiger partial charge in [-0.15, -0.1) is 10.2 Å². The number of carbonyl (C=O) groups is 1. The summed E-state index contributed by atoms with van der Waals surface area (Å²) in [6.07, 6.45) is 0.404. The Bertz CT molecular complexity index is 963. The van der Waals surface area contributed by atoms with E-state index < -0.39 is 0 Å². The molecule has 132 valence electrons. The minimum Gasteiger partial charge on any atom is -0.324 e. The van der Waals surface area contributed by atoms with E-state index in [0.717, 1.165) is 17.3 Å². The number of aromatic amines is 1. The van der Waals surface area contributed by atoms with Gasteiger partial charge in [-0.2, -0.15) is 0 Å². The Morgan fingerprint density at radius 1 is 1.08 bits per heavy atom. The Hall–Kier alpha value is -2.64. The first-order valence-corrected chi connectivity index (χ1v) is 9.15. The average molecular weight is 387 g/mol. The van der Waals surface area contributed by atoms with Crippen LogP contribution >= 0.6 is 23.4 Å². The van der Waals surface area contributed by atoms with E-state index in [2.05, 4.69) is 20.5 Å². The Morgan fingerprint density at radius 3 is 2.54 bits per heavy atom. The van der Waals surface area contributed by atoms with Gasteiger partial charge in [-0.25, -0.2) is 0 Å². The minimum absolute atomic E-state index is 0.0773. The highest BCUT2D eigenvalue weighted by Gasteiger charge is 2.10. The molecule has 0 fully saturated rings. The SMILES string of the molecule is O=C(CSc1nnc(Cc2ccccc2)c(=O)[nH]1)Nc1ccccc1Cl. The lowest BCUT2D eigenvalue weighted by Gasteiger charge is -2.06. The van der Waals surface area contributed by atoms with Crippen molar-refractivity contribution in [2.24, 2.45) is 0 Å². The number of nitrogens with one attached hydrogen (secondary N) is 2. The van der Waals surface area contributed by atoms with Crippen molar-refractivity contribution in [3.05, 3.63) is 81.2 Å². The number of hydrogen-bond donors (Lipinski definition) is 2. The molecule has 0 saturated carbocycles. The monoisotopic (exact) mass is 386 g/mol. The van der Waals surface area contributed by atoms with Crippen LogP contribution in [0.5, 0.6) is 0 Å². The average Bonchev–Trinajstić information content (AvgIpc) is 2.65. The quantitative estimate of drug-likeness (QED) is 0.635. The highest BCUT2D eigenvalue weighted by atomic mass is 35.5. The molecular formula is C18H15ClN4O2S. The van der Waals surface area contributed by atoms with Crippen LogP contribution in [0.1, 0.15) is 11.3 Å². The molecule has 3 aromatic rings. The predicted octanol–water partition coefficient (Wildman–Crippen LogP) is 3.14. The van der Waals surface area contributed by atoms with Gasteiger partial charge in [0.2, 0.25) is 5.91 Å². The number of thioether (sulfide) groups is 1. The zero-order valence-corrected chi connectivity index (χ0v) is 15.2. The number of para-hydroxylation sites is 1. The summed E-state index contributed by atoms with van der Waals surface area (Å²) >= 11 is 7.10. The fraction of sp³-hybridized carbons (Fsp3) is 0.111. The Labute approximate surface area is 159 Å². The molecule has 0 unspecified atom stereocenters. The van der Waals surface area contributed by atoms with E-state index >= 15 is 0 Å². The smallest absolute Gasteiger partial charge is 0.273 e. The normalized spacial score (nSPS) is 10.5. The van der Waals surface area contributed by atoms with Crippen molar-refractivity contribution in [2.75, 3.05) is 11.1 Å². The van der Waals surface area contributed by atoms with E-state index in [1.807, 2.05) is 30.3 Å². The van der Waals surface area contributed by atoms with E-state index in [9.17, 15) is 9.59 Å². The number of amides is 1. The highest BCUT2D eigenvalue weighted by molar-refractivity contribution is 7.99. The number of rotatable bonds is 6. The molecule has 0 saturated heterocycles. The number of halogens is 1. The Balaban J connectivity index is 1.59. The van der Waals surface area contributed by atoms with E-state index in [1.54, 1.807) is 24.3 Å². The number of carbonyl (C=O) groups excluding carboxylic acids is 1. The molecule has 3 rings (SSSR count). The van der Waals surface area contributed by atoms with Gasteiger partial charge in [0, 0.05) is 6.42 Å². The van der Waals surface area contributed by atoms with Gasteiger partial charge in [0.15, 0.2) is 5.16 Å². The molecule has 26 heavy (non-hydrogen) atoms. The van der Waals surface area contributed by atoms with Gasteiger partial charge in [-0.05, 0) is 17.7 Å². The van der Waals surface area contributed by atoms with Crippen molar-refractivity contribution >= 4 is 35.0 Å². The van der Waals surface area contributed by atoms with Gasteiger partial charge < -0.3 is 5.32 Å². The molecule has 0 aliphatic carbocycles. The molecule has 0 radical (unpaired) electrons. The van der Waals surface area contributed by atoms with Crippen LogP contribution in [0.3, 0.4) is 0 Å². The van der Waals surface area contributed by atoms with Gasteiger partial charge >= 0.3 is 0 Å². The first-order valence-electron chi connectivity index (χ1n) is 7.79. The number of anilines is 1. The molecule has 0 spiro atoms. The lowest BCUT2D eigenvalue weighted by atomic mass is 10.1. The molecule has 0 aliphatic heterocycles. The summed E-state index contributed by atoms with van der Waals surface area (Å²) in [5.41, 5.74) is 1.54. The van der Waals surface area contributed by atoms with Gasteiger partial charge in [0.05, 0.1) is 16.5 Å². The van der Waals surface area contributed by atoms with Crippen molar-refractivity contribution in [3.8, 4) is 0 Å². The molecule has 1 amide bonds. The van der Waals surface area contributed by atoms with Crippen molar-refractivity contribution in [2.45, 2.75) is 11.6 Å². The molecule has 1 heterocycles. The maximum atomic E-state index is 12.1. The van der Waals surface area contributed by atoms with Crippen LogP contribution < -0.4 is 10.9 Å². The van der Waals surface area contributed by atoms with Crippen LogP contribution in [-0.2, 0) is 11.2 Å². The van der Waals surface area contributed by atoms with Gasteiger partial charge in [-0.1, -0.05) is 65.8 Å². The molecule has 2 N–H and O–H groups in total. The van der Waals surface area contributed by atoms with Crippen LogP contribution in [0.25, 0.3) is 0 Å². The van der Waals surface area contributed by atoms with Crippen LogP contribution in [0.4, 0.5) is 5.69 Å². The summed E-state index contributed by atoms with van der Waals surface area (Å²) in [6.45, 7) is 0. The van der Waals surface area contributed by atoms with Crippen LogP contribution in [-0.4, -0.2) is 26.8 Å². The second kappa shape index (κ2) is 8.64. The van der Waals surface area contributed by atoms with Crippen molar-refractivity contribution in [1.29, 1.82) is 0 Å². The first kappa shape index (κ1) is 18.2. The zero-order chi connectivity index (χ0) is 18.4. The second-order valence-electron chi connectivity index (χ2n) is 5.39. The maximum absolute atomic E-state index is 12.1. The van der Waals surface area contributed by atoms with Crippen molar-refractivity contribution < 1.29 is 4.79 Å². The topological polar surface area (TPSA) is 87.7 Å². The van der Waals surface area contributed by atoms with Gasteiger partial charge in [0.1, 0.15) is 5.69 Å². The number of aromatic nitrogens is 3. The van der Waals surface area contributed by atoms with Crippen LogP contribution in [0, 0.1) is 0 Å². The molecule has 8 heteroatoms. The van der Waals surface area contributed by atoms with E-state index in [1.165, 1.54) is 0 Å². The van der Waals surface area contributed by atoms with Crippen molar-refractivity contribution in [3.63, 3.8) is 0 Å². The minimum atomic E-state index is -0.308.